The number of rotatable bonds is 5. The smallest absolute Gasteiger partial charge is 0.0306 e. The van der Waals surface area contributed by atoms with Gasteiger partial charge in [-0.05, 0) is 30.0 Å². The van der Waals surface area contributed by atoms with E-state index >= 15 is 0 Å². The van der Waals surface area contributed by atoms with Crippen molar-refractivity contribution in [2.45, 2.75) is 18.8 Å². The Morgan fingerprint density at radius 2 is 1.82 bits per heavy atom. The number of pyridine rings is 1. The highest BCUT2D eigenvalue weighted by Crippen LogP contribution is 2.28. The zero-order valence-corrected chi connectivity index (χ0v) is 9.92. The molecule has 0 aliphatic heterocycles. The average molecular weight is 223 g/mol. The van der Waals surface area contributed by atoms with Crippen molar-refractivity contribution in [1.29, 1.82) is 0 Å². The van der Waals surface area contributed by atoms with Crippen LogP contribution in [0.25, 0.3) is 0 Å². The summed E-state index contributed by atoms with van der Waals surface area (Å²) in [5, 5.41) is 0. The van der Waals surface area contributed by atoms with Crippen LogP contribution in [0.1, 0.15) is 29.9 Å². The molecule has 0 aliphatic rings. The molecule has 86 valence electrons. The van der Waals surface area contributed by atoms with Crippen LogP contribution in [0.4, 0.5) is 0 Å². The van der Waals surface area contributed by atoms with Gasteiger partial charge in [0.15, 0.2) is 0 Å². The van der Waals surface area contributed by atoms with Gasteiger partial charge >= 0.3 is 0 Å². The van der Waals surface area contributed by atoms with E-state index in [1.165, 1.54) is 11.1 Å². The molecule has 0 amide bonds. The second kappa shape index (κ2) is 6.00. The van der Waals surface area contributed by atoms with E-state index in [9.17, 15) is 0 Å². The Morgan fingerprint density at radius 1 is 1.06 bits per heavy atom. The Bertz CT molecular complexity index is 408. The van der Waals surface area contributed by atoms with Crippen LogP contribution in [-0.2, 0) is 0 Å². The zero-order valence-electron chi connectivity index (χ0n) is 9.92. The summed E-state index contributed by atoms with van der Waals surface area (Å²) in [6.45, 7) is 3.80. The second-order valence-corrected chi connectivity index (χ2v) is 4.12. The molecule has 0 saturated carbocycles. The molecule has 0 bridgehead atoms. The fourth-order valence-corrected chi connectivity index (χ4v) is 2.08. The Labute approximate surface area is 103 Å². The predicted octanol–water partition coefficient (Wildman–Crippen LogP) is 4.18. The Hall–Kier alpha value is -1.89. The van der Waals surface area contributed by atoms with Gasteiger partial charge in [-0.2, -0.15) is 0 Å². The molecule has 0 aliphatic carbocycles. The summed E-state index contributed by atoms with van der Waals surface area (Å²) in [6, 6.07) is 14.7. The summed E-state index contributed by atoms with van der Waals surface area (Å²) < 4.78 is 0. The first-order chi connectivity index (χ1) is 8.42. The monoisotopic (exact) mass is 223 g/mol. The van der Waals surface area contributed by atoms with Gasteiger partial charge in [0.1, 0.15) is 0 Å². The van der Waals surface area contributed by atoms with Crippen LogP contribution < -0.4 is 0 Å². The van der Waals surface area contributed by atoms with Gasteiger partial charge in [0.2, 0.25) is 0 Å². The van der Waals surface area contributed by atoms with E-state index in [-0.39, 0.29) is 0 Å². The first-order valence-corrected chi connectivity index (χ1v) is 5.97. The van der Waals surface area contributed by atoms with Crippen molar-refractivity contribution >= 4 is 0 Å². The summed E-state index contributed by atoms with van der Waals surface area (Å²) >= 11 is 0. The lowest BCUT2D eigenvalue weighted by atomic mass is 9.88. The van der Waals surface area contributed by atoms with Gasteiger partial charge in [-0.1, -0.05) is 42.5 Å². The van der Waals surface area contributed by atoms with Crippen molar-refractivity contribution in [3.05, 3.63) is 78.6 Å². The Balaban J connectivity index is 2.29. The molecule has 0 spiro atoms. The van der Waals surface area contributed by atoms with E-state index in [2.05, 4.69) is 48.0 Å². The molecule has 0 radical (unpaired) electrons. The van der Waals surface area contributed by atoms with Crippen molar-refractivity contribution in [3.8, 4) is 0 Å². The van der Waals surface area contributed by atoms with E-state index in [0.717, 1.165) is 12.8 Å². The number of benzene rings is 1. The third-order valence-corrected chi connectivity index (χ3v) is 2.95. The average Bonchev–Trinajstić information content (AvgIpc) is 2.42. The molecule has 1 unspecified atom stereocenters. The van der Waals surface area contributed by atoms with Gasteiger partial charge < -0.3 is 0 Å². The number of hydrogen-bond donors (Lipinski definition) is 0. The van der Waals surface area contributed by atoms with Crippen LogP contribution in [0.2, 0.25) is 0 Å². The molecule has 2 aromatic rings. The van der Waals surface area contributed by atoms with Crippen LogP contribution in [0.5, 0.6) is 0 Å². The van der Waals surface area contributed by atoms with E-state index < -0.39 is 0 Å². The second-order valence-electron chi connectivity index (χ2n) is 4.12. The molecule has 0 fully saturated rings. The fourth-order valence-electron chi connectivity index (χ4n) is 2.08. The highest BCUT2D eigenvalue weighted by Gasteiger charge is 2.12. The summed E-state index contributed by atoms with van der Waals surface area (Å²) in [5.41, 5.74) is 2.63. The molecular weight excluding hydrogens is 206 g/mol. The van der Waals surface area contributed by atoms with Crippen LogP contribution in [-0.4, -0.2) is 4.98 Å². The predicted molar refractivity (Wildman–Crippen MR) is 72.0 cm³/mol. The normalized spacial score (nSPS) is 12.0. The summed E-state index contributed by atoms with van der Waals surface area (Å²) in [4.78, 5) is 4.21. The molecule has 17 heavy (non-hydrogen) atoms. The van der Waals surface area contributed by atoms with Crippen molar-refractivity contribution in [2.75, 3.05) is 0 Å². The molecule has 0 saturated heterocycles. The maximum atomic E-state index is 4.21. The lowest BCUT2D eigenvalue weighted by Crippen LogP contribution is -2.01. The summed E-state index contributed by atoms with van der Waals surface area (Å²) in [7, 11) is 0. The highest BCUT2D eigenvalue weighted by molar-refractivity contribution is 5.30. The first-order valence-electron chi connectivity index (χ1n) is 5.97. The number of nitrogens with zero attached hydrogens (tertiary/aromatic N) is 1. The fraction of sp³-hybridized carbons (Fsp3) is 0.188. The minimum absolute atomic E-state index is 0.419. The number of hydrogen-bond acceptors (Lipinski definition) is 1. The highest BCUT2D eigenvalue weighted by atomic mass is 14.6. The van der Waals surface area contributed by atoms with E-state index in [1.807, 2.05) is 24.5 Å². The van der Waals surface area contributed by atoms with Crippen LogP contribution in [0, 0.1) is 0 Å². The Morgan fingerprint density at radius 3 is 2.47 bits per heavy atom. The van der Waals surface area contributed by atoms with Gasteiger partial charge in [0.25, 0.3) is 0 Å². The molecule has 1 nitrogen and oxygen atoms in total. The lowest BCUT2D eigenvalue weighted by Gasteiger charge is -2.16. The minimum atomic E-state index is 0.419. The van der Waals surface area contributed by atoms with Gasteiger partial charge in [-0.25, -0.2) is 0 Å². The topological polar surface area (TPSA) is 12.9 Å². The SMILES string of the molecule is C=CCCC(c1ccccc1)c1cccnc1. The largest absolute Gasteiger partial charge is 0.264 e. The molecule has 0 N–H and O–H groups in total. The third kappa shape index (κ3) is 3.04. The van der Waals surface area contributed by atoms with Gasteiger partial charge in [0.05, 0.1) is 0 Å². The van der Waals surface area contributed by atoms with Crippen molar-refractivity contribution in [3.63, 3.8) is 0 Å². The summed E-state index contributed by atoms with van der Waals surface area (Å²) in [5.74, 6) is 0.419. The van der Waals surface area contributed by atoms with Gasteiger partial charge in [-0.3, -0.25) is 4.98 Å². The van der Waals surface area contributed by atoms with Crippen molar-refractivity contribution < 1.29 is 0 Å². The third-order valence-electron chi connectivity index (χ3n) is 2.95. The molecule has 1 heteroatoms. The molecule has 1 aromatic heterocycles. The standard InChI is InChI=1S/C16H17N/c1-2-3-11-16(14-8-5-4-6-9-14)15-10-7-12-17-13-15/h2,4-10,12-13,16H,1,3,11H2. The van der Waals surface area contributed by atoms with Crippen LogP contribution in [0.3, 0.4) is 0 Å². The van der Waals surface area contributed by atoms with E-state index in [4.69, 9.17) is 0 Å². The van der Waals surface area contributed by atoms with Crippen LogP contribution >= 0.6 is 0 Å². The molecular formula is C16H17N. The minimum Gasteiger partial charge on any atom is -0.264 e. The van der Waals surface area contributed by atoms with Crippen molar-refractivity contribution in [1.82, 2.24) is 4.98 Å². The lowest BCUT2D eigenvalue weighted by molar-refractivity contribution is 0.725. The summed E-state index contributed by atoms with van der Waals surface area (Å²) in [6.07, 6.45) is 7.86. The molecule has 1 aromatic carbocycles. The Kier molecular flexibility index (Phi) is 4.09. The maximum absolute atomic E-state index is 4.21. The van der Waals surface area contributed by atoms with Gasteiger partial charge in [0, 0.05) is 18.3 Å². The zero-order chi connectivity index (χ0) is 11.9. The number of allylic oxidation sites excluding steroid dienone is 1. The first kappa shape index (κ1) is 11.6. The van der Waals surface area contributed by atoms with E-state index in [0.29, 0.717) is 5.92 Å². The molecule has 2 rings (SSSR count). The number of aromatic nitrogens is 1. The molecule has 1 heterocycles. The van der Waals surface area contributed by atoms with Crippen LogP contribution in [0.15, 0.2) is 67.5 Å². The van der Waals surface area contributed by atoms with Gasteiger partial charge in [-0.15, -0.1) is 6.58 Å². The van der Waals surface area contributed by atoms with Crippen molar-refractivity contribution in [2.24, 2.45) is 0 Å². The maximum Gasteiger partial charge on any atom is 0.0306 e. The quantitative estimate of drug-likeness (QED) is 0.693. The van der Waals surface area contributed by atoms with E-state index in [1.54, 1.807) is 0 Å². The molecule has 1 atom stereocenters.